The Kier molecular flexibility index (Phi) is 3.64. The smallest absolute Gasteiger partial charge is 0.197 e. The van der Waals surface area contributed by atoms with Crippen molar-refractivity contribution in [3.8, 4) is 0 Å². The van der Waals surface area contributed by atoms with Crippen LogP contribution in [0.4, 0.5) is 0 Å². The number of carbonyl (C=O) groups is 1. The topological polar surface area (TPSA) is 35.5 Å². The van der Waals surface area contributed by atoms with Crippen molar-refractivity contribution in [3.05, 3.63) is 47.5 Å². The lowest BCUT2D eigenvalue weighted by atomic mass is 9.78. The molecule has 2 rings (SSSR count). The molecule has 0 heterocycles. The summed E-state index contributed by atoms with van der Waals surface area (Å²) in [5, 5.41) is 0. The number of benzene rings is 1. The van der Waals surface area contributed by atoms with Crippen molar-refractivity contribution in [2.75, 3.05) is 14.2 Å². The molecular weight excluding hydrogens is 228 g/mol. The van der Waals surface area contributed by atoms with Gasteiger partial charge >= 0.3 is 0 Å². The average Bonchev–Trinajstić information content (AvgIpc) is 2.40. The molecule has 1 unspecified atom stereocenters. The highest BCUT2D eigenvalue weighted by Gasteiger charge is 2.45. The summed E-state index contributed by atoms with van der Waals surface area (Å²) in [6.45, 7) is 1.88. The molecule has 1 aliphatic carbocycles. The first-order chi connectivity index (χ1) is 8.64. The molecule has 0 saturated carbocycles. The molecule has 0 bridgehead atoms. The van der Waals surface area contributed by atoms with Crippen LogP contribution in [0.25, 0.3) is 0 Å². The van der Waals surface area contributed by atoms with Gasteiger partial charge in [-0.1, -0.05) is 30.3 Å². The summed E-state index contributed by atoms with van der Waals surface area (Å²) in [4.78, 5) is 11.8. The van der Waals surface area contributed by atoms with Crippen LogP contribution in [0.2, 0.25) is 0 Å². The third-order valence-electron chi connectivity index (χ3n) is 3.60. The Morgan fingerprint density at radius 3 is 2.33 bits per heavy atom. The van der Waals surface area contributed by atoms with Crippen LogP contribution in [0.1, 0.15) is 24.8 Å². The molecule has 0 N–H and O–H groups in total. The molecule has 1 atom stereocenters. The Hall–Kier alpha value is -1.45. The van der Waals surface area contributed by atoms with Crippen molar-refractivity contribution >= 4 is 5.78 Å². The molecule has 3 heteroatoms. The number of ether oxygens (including phenoxy) is 2. The molecule has 1 aromatic rings. The molecule has 0 saturated heterocycles. The Morgan fingerprint density at radius 1 is 1.17 bits per heavy atom. The fourth-order valence-electron chi connectivity index (χ4n) is 2.72. The number of ketones is 1. The first-order valence-electron chi connectivity index (χ1n) is 6.01. The van der Waals surface area contributed by atoms with E-state index in [-0.39, 0.29) is 11.7 Å². The van der Waals surface area contributed by atoms with Gasteiger partial charge in [0.2, 0.25) is 0 Å². The van der Waals surface area contributed by atoms with Gasteiger partial charge in [0.05, 0.1) is 0 Å². The zero-order valence-electron chi connectivity index (χ0n) is 11.0. The molecule has 0 radical (unpaired) electrons. The predicted octanol–water partition coefficient (Wildman–Crippen LogP) is 2.68. The minimum Gasteiger partial charge on any atom is -0.349 e. The van der Waals surface area contributed by atoms with Gasteiger partial charge in [-0.05, 0) is 24.1 Å². The molecule has 96 valence electrons. The summed E-state index contributed by atoms with van der Waals surface area (Å²) in [6, 6.07) is 9.89. The predicted molar refractivity (Wildman–Crippen MR) is 69.3 cm³/mol. The van der Waals surface area contributed by atoms with Crippen molar-refractivity contribution in [1.82, 2.24) is 0 Å². The fraction of sp³-hybridized carbons (Fsp3) is 0.400. The van der Waals surface area contributed by atoms with Crippen LogP contribution in [-0.2, 0) is 14.3 Å². The van der Waals surface area contributed by atoms with E-state index in [1.54, 1.807) is 20.3 Å². The fourth-order valence-corrected chi connectivity index (χ4v) is 2.72. The number of hydrogen-bond donors (Lipinski definition) is 0. The highest BCUT2D eigenvalue weighted by molar-refractivity contribution is 5.92. The van der Waals surface area contributed by atoms with Crippen LogP contribution in [0.5, 0.6) is 0 Å². The second-order valence-corrected chi connectivity index (χ2v) is 4.54. The number of allylic oxidation sites excluding steroid dienone is 1. The van der Waals surface area contributed by atoms with Crippen molar-refractivity contribution in [1.29, 1.82) is 0 Å². The molecular formula is C15H18O3. The average molecular weight is 246 g/mol. The summed E-state index contributed by atoms with van der Waals surface area (Å²) in [5.74, 6) is -0.827. The van der Waals surface area contributed by atoms with Crippen LogP contribution in [0.3, 0.4) is 0 Å². The lowest BCUT2D eigenvalue weighted by molar-refractivity contribution is -0.198. The Bertz CT molecular complexity index is 458. The molecule has 0 spiro atoms. The molecule has 0 fully saturated rings. The normalized spacial score (nSPS) is 22.7. The Morgan fingerprint density at radius 2 is 1.78 bits per heavy atom. The van der Waals surface area contributed by atoms with Crippen LogP contribution in [0, 0.1) is 0 Å². The van der Waals surface area contributed by atoms with Gasteiger partial charge in [-0.25, -0.2) is 0 Å². The summed E-state index contributed by atoms with van der Waals surface area (Å²) >= 11 is 0. The molecule has 0 aliphatic heterocycles. The highest BCUT2D eigenvalue weighted by Crippen LogP contribution is 2.42. The van der Waals surface area contributed by atoms with Gasteiger partial charge in [0.1, 0.15) is 0 Å². The van der Waals surface area contributed by atoms with E-state index in [1.165, 1.54) is 0 Å². The monoisotopic (exact) mass is 246 g/mol. The van der Waals surface area contributed by atoms with Crippen LogP contribution in [-0.4, -0.2) is 25.8 Å². The van der Waals surface area contributed by atoms with E-state index in [0.29, 0.717) is 6.42 Å². The quantitative estimate of drug-likeness (QED) is 0.769. The molecule has 1 aromatic carbocycles. The van der Waals surface area contributed by atoms with E-state index in [2.05, 4.69) is 0 Å². The van der Waals surface area contributed by atoms with E-state index in [4.69, 9.17) is 9.47 Å². The molecule has 3 nitrogen and oxygen atoms in total. The SMILES string of the molecule is COC1(OC)C(C)=CC(=O)CC1c1ccccc1. The van der Waals surface area contributed by atoms with E-state index < -0.39 is 5.79 Å². The molecule has 0 aromatic heterocycles. The maximum Gasteiger partial charge on any atom is 0.197 e. The first kappa shape index (κ1) is 13.0. The van der Waals surface area contributed by atoms with Crippen molar-refractivity contribution in [2.24, 2.45) is 0 Å². The summed E-state index contributed by atoms with van der Waals surface area (Å²) in [5.41, 5.74) is 1.87. The van der Waals surface area contributed by atoms with Crippen molar-refractivity contribution in [2.45, 2.75) is 25.0 Å². The van der Waals surface area contributed by atoms with Gasteiger partial charge in [0, 0.05) is 26.6 Å². The van der Waals surface area contributed by atoms with Gasteiger partial charge in [-0.3, -0.25) is 4.79 Å². The zero-order chi connectivity index (χ0) is 13.2. The number of carbonyl (C=O) groups excluding carboxylic acids is 1. The van der Waals surface area contributed by atoms with Crippen LogP contribution >= 0.6 is 0 Å². The minimum atomic E-state index is -0.838. The van der Waals surface area contributed by atoms with E-state index in [1.807, 2.05) is 37.3 Å². The second-order valence-electron chi connectivity index (χ2n) is 4.54. The van der Waals surface area contributed by atoms with Gasteiger partial charge in [0.15, 0.2) is 11.6 Å². The van der Waals surface area contributed by atoms with Gasteiger partial charge in [-0.15, -0.1) is 0 Å². The van der Waals surface area contributed by atoms with Gasteiger partial charge in [-0.2, -0.15) is 0 Å². The second kappa shape index (κ2) is 5.04. The summed E-state index contributed by atoms with van der Waals surface area (Å²) in [7, 11) is 3.24. The lowest BCUT2D eigenvalue weighted by Gasteiger charge is -2.41. The number of hydrogen-bond acceptors (Lipinski definition) is 3. The van der Waals surface area contributed by atoms with Crippen LogP contribution in [0.15, 0.2) is 42.0 Å². The van der Waals surface area contributed by atoms with Gasteiger partial charge < -0.3 is 9.47 Å². The van der Waals surface area contributed by atoms with E-state index in [0.717, 1.165) is 11.1 Å². The highest BCUT2D eigenvalue weighted by atomic mass is 16.7. The molecule has 18 heavy (non-hydrogen) atoms. The van der Waals surface area contributed by atoms with Crippen molar-refractivity contribution in [3.63, 3.8) is 0 Å². The van der Waals surface area contributed by atoms with E-state index >= 15 is 0 Å². The summed E-state index contributed by atoms with van der Waals surface area (Å²) < 4.78 is 11.2. The van der Waals surface area contributed by atoms with Crippen LogP contribution < -0.4 is 0 Å². The van der Waals surface area contributed by atoms with Gasteiger partial charge in [0.25, 0.3) is 0 Å². The van der Waals surface area contributed by atoms with E-state index in [9.17, 15) is 4.79 Å². The largest absolute Gasteiger partial charge is 0.349 e. The number of rotatable bonds is 3. The molecule has 1 aliphatic rings. The summed E-state index contributed by atoms with van der Waals surface area (Å²) in [6.07, 6.45) is 2.02. The van der Waals surface area contributed by atoms with Crippen molar-refractivity contribution < 1.29 is 14.3 Å². The lowest BCUT2D eigenvalue weighted by Crippen LogP contribution is -2.45. The third-order valence-corrected chi connectivity index (χ3v) is 3.60. The molecule has 0 amide bonds. The first-order valence-corrected chi connectivity index (χ1v) is 6.01. The zero-order valence-corrected chi connectivity index (χ0v) is 11.0. The third kappa shape index (κ3) is 2.00. The minimum absolute atomic E-state index is 0.105. The number of methoxy groups -OCH3 is 2. The maximum atomic E-state index is 11.8. The Labute approximate surface area is 107 Å². The Balaban J connectivity index is 2.50. The standard InChI is InChI=1S/C15H18O3/c1-11-9-13(16)10-14(15(11,17-2)18-3)12-7-5-4-6-8-12/h4-9,14H,10H2,1-3H3. The maximum absolute atomic E-state index is 11.8.